The first kappa shape index (κ1) is 16.3. The fourth-order valence-corrected chi connectivity index (χ4v) is 3.55. The van der Waals surface area contributed by atoms with Crippen molar-refractivity contribution in [1.82, 2.24) is 15.0 Å². The van der Waals surface area contributed by atoms with Crippen LogP contribution >= 0.6 is 0 Å². The summed E-state index contributed by atoms with van der Waals surface area (Å²) < 4.78 is 14.4. The number of nitrogens with zero attached hydrogens (tertiary/aromatic N) is 3. The first-order valence-electron chi connectivity index (χ1n) is 8.86. The molecule has 28 heavy (non-hydrogen) atoms. The lowest BCUT2D eigenvalue weighted by Crippen LogP contribution is -1.95. The molecule has 5 aromatic rings. The third kappa shape index (κ3) is 2.56. The van der Waals surface area contributed by atoms with E-state index in [2.05, 4.69) is 15.0 Å². The van der Waals surface area contributed by atoms with Crippen molar-refractivity contribution in [2.75, 3.05) is 5.73 Å². The van der Waals surface area contributed by atoms with Crippen LogP contribution < -0.4 is 5.73 Å². The minimum absolute atomic E-state index is 0.317. The van der Waals surface area contributed by atoms with Crippen molar-refractivity contribution >= 4 is 27.6 Å². The van der Waals surface area contributed by atoms with Crippen LogP contribution in [-0.4, -0.2) is 15.0 Å². The van der Waals surface area contributed by atoms with Gasteiger partial charge in [0.15, 0.2) is 5.65 Å². The molecule has 0 aliphatic heterocycles. The zero-order chi connectivity index (χ0) is 19.1. The molecule has 0 radical (unpaired) electrons. The Bertz CT molecular complexity index is 1350. The topological polar surface area (TPSA) is 64.7 Å². The van der Waals surface area contributed by atoms with E-state index in [1.54, 1.807) is 30.6 Å². The molecule has 4 nitrogen and oxygen atoms in total. The summed E-state index contributed by atoms with van der Waals surface area (Å²) in [7, 11) is 0. The molecule has 0 saturated carbocycles. The smallest absolute Gasteiger partial charge is 0.160 e. The van der Waals surface area contributed by atoms with E-state index < -0.39 is 0 Å². The highest BCUT2D eigenvalue weighted by Gasteiger charge is 2.14. The molecule has 0 aliphatic rings. The number of rotatable bonds is 2. The second kappa shape index (κ2) is 6.39. The molecule has 0 unspecified atom stereocenters. The second-order valence-corrected chi connectivity index (χ2v) is 6.51. The summed E-state index contributed by atoms with van der Waals surface area (Å²) in [6.45, 7) is 0. The second-order valence-electron chi connectivity index (χ2n) is 6.51. The number of pyridine rings is 3. The normalized spacial score (nSPS) is 11.2. The van der Waals surface area contributed by atoms with Crippen LogP contribution in [0.5, 0.6) is 0 Å². The van der Waals surface area contributed by atoms with E-state index >= 15 is 0 Å². The summed E-state index contributed by atoms with van der Waals surface area (Å²) >= 11 is 0. The molecule has 134 valence electrons. The lowest BCUT2D eigenvalue weighted by molar-refractivity contribution is 0.631. The van der Waals surface area contributed by atoms with E-state index in [-0.39, 0.29) is 5.82 Å². The van der Waals surface area contributed by atoms with Crippen molar-refractivity contribution in [3.8, 4) is 22.4 Å². The quantitative estimate of drug-likeness (QED) is 0.464. The van der Waals surface area contributed by atoms with Gasteiger partial charge in [0.25, 0.3) is 0 Å². The molecular formula is C23H15FN4. The molecule has 0 aliphatic carbocycles. The van der Waals surface area contributed by atoms with Crippen molar-refractivity contribution in [1.29, 1.82) is 0 Å². The molecule has 3 heterocycles. The van der Waals surface area contributed by atoms with Crippen molar-refractivity contribution < 1.29 is 4.39 Å². The van der Waals surface area contributed by atoms with Gasteiger partial charge in [0.1, 0.15) is 11.6 Å². The number of hydrogen-bond acceptors (Lipinski definition) is 4. The standard InChI is InChI=1S/C23H15FN4/c24-20-9-2-1-5-18(20)21-13-19(17-8-4-11-27-23(17)28-21)14-6-3-7-16-15(14)10-12-26-22(16)25/h1-13H,(H2,25,26). The molecule has 0 bridgehead atoms. The maximum atomic E-state index is 14.4. The van der Waals surface area contributed by atoms with E-state index in [1.807, 2.05) is 42.5 Å². The van der Waals surface area contributed by atoms with Gasteiger partial charge in [0, 0.05) is 28.7 Å². The molecule has 2 aromatic carbocycles. The third-order valence-electron chi connectivity index (χ3n) is 4.86. The number of anilines is 1. The van der Waals surface area contributed by atoms with Gasteiger partial charge in [0.05, 0.1) is 5.69 Å². The van der Waals surface area contributed by atoms with E-state index in [0.717, 1.165) is 27.3 Å². The van der Waals surface area contributed by atoms with Crippen LogP contribution in [0.1, 0.15) is 0 Å². The van der Waals surface area contributed by atoms with Crippen molar-refractivity contribution in [3.05, 3.63) is 84.9 Å². The van der Waals surface area contributed by atoms with Crippen LogP contribution in [0, 0.1) is 5.82 Å². The summed E-state index contributed by atoms with van der Waals surface area (Å²) in [5, 5.41) is 2.75. The van der Waals surface area contributed by atoms with E-state index in [0.29, 0.717) is 22.7 Å². The Labute approximate surface area is 160 Å². The SMILES string of the molecule is Nc1nccc2c(-c3cc(-c4ccccc4F)nc4ncccc34)cccc12. The minimum Gasteiger partial charge on any atom is -0.383 e. The van der Waals surface area contributed by atoms with Crippen LogP contribution in [0.25, 0.3) is 44.2 Å². The molecule has 0 atom stereocenters. The Morgan fingerprint density at radius 1 is 0.679 bits per heavy atom. The van der Waals surface area contributed by atoms with Crippen LogP contribution in [0.2, 0.25) is 0 Å². The van der Waals surface area contributed by atoms with Crippen LogP contribution in [0.4, 0.5) is 10.2 Å². The van der Waals surface area contributed by atoms with Gasteiger partial charge in [-0.3, -0.25) is 0 Å². The number of nitrogen functional groups attached to an aromatic ring is 1. The van der Waals surface area contributed by atoms with Crippen molar-refractivity contribution in [2.24, 2.45) is 0 Å². The molecule has 0 fully saturated rings. The molecule has 5 rings (SSSR count). The average Bonchev–Trinajstić information content (AvgIpc) is 2.73. The van der Waals surface area contributed by atoms with Crippen LogP contribution in [-0.2, 0) is 0 Å². The summed E-state index contributed by atoms with van der Waals surface area (Å²) in [4.78, 5) is 13.2. The number of halogens is 1. The maximum absolute atomic E-state index is 14.4. The Morgan fingerprint density at radius 3 is 2.39 bits per heavy atom. The van der Waals surface area contributed by atoms with Crippen molar-refractivity contribution in [3.63, 3.8) is 0 Å². The Hall–Kier alpha value is -3.86. The number of nitrogens with two attached hydrogens (primary N) is 1. The Kier molecular flexibility index (Phi) is 3.72. The summed E-state index contributed by atoms with van der Waals surface area (Å²) in [6.07, 6.45) is 3.38. The molecule has 0 spiro atoms. The van der Waals surface area contributed by atoms with Crippen molar-refractivity contribution in [2.45, 2.75) is 0 Å². The number of aromatic nitrogens is 3. The maximum Gasteiger partial charge on any atom is 0.160 e. The lowest BCUT2D eigenvalue weighted by atomic mass is 9.95. The van der Waals surface area contributed by atoms with Gasteiger partial charge >= 0.3 is 0 Å². The summed E-state index contributed by atoms with van der Waals surface area (Å²) in [5.74, 6) is 0.160. The number of fused-ring (bicyclic) bond motifs is 2. The van der Waals surface area contributed by atoms with Gasteiger partial charge in [-0.15, -0.1) is 0 Å². The first-order valence-corrected chi connectivity index (χ1v) is 8.86. The van der Waals surface area contributed by atoms with Gasteiger partial charge in [-0.25, -0.2) is 19.3 Å². The van der Waals surface area contributed by atoms with E-state index in [1.165, 1.54) is 6.07 Å². The largest absolute Gasteiger partial charge is 0.383 e. The Balaban J connectivity index is 1.88. The minimum atomic E-state index is -0.317. The first-order chi connectivity index (χ1) is 13.7. The molecular weight excluding hydrogens is 351 g/mol. The lowest BCUT2D eigenvalue weighted by Gasteiger charge is -2.13. The fourth-order valence-electron chi connectivity index (χ4n) is 3.55. The molecule has 3 aromatic heterocycles. The zero-order valence-corrected chi connectivity index (χ0v) is 14.8. The van der Waals surface area contributed by atoms with Crippen LogP contribution in [0.3, 0.4) is 0 Å². The predicted molar refractivity (Wildman–Crippen MR) is 110 cm³/mol. The predicted octanol–water partition coefficient (Wildman–Crippen LogP) is 5.23. The number of benzene rings is 2. The van der Waals surface area contributed by atoms with E-state index in [9.17, 15) is 4.39 Å². The van der Waals surface area contributed by atoms with Gasteiger partial charge in [-0.1, -0.05) is 30.3 Å². The van der Waals surface area contributed by atoms with Gasteiger partial charge in [0.2, 0.25) is 0 Å². The highest BCUT2D eigenvalue weighted by molar-refractivity contribution is 6.07. The monoisotopic (exact) mass is 366 g/mol. The zero-order valence-electron chi connectivity index (χ0n) is 14.8. The van der Waals surface area contributed by atoms with Gasteiger partial charge < -0.3 is 5.73 Å². The summed E-state index contributed by atoms with van der Waals surface area (Å²) in [5.41, 5.74) is 9.52. The molecule has 2 N–H and O–H groups in total. The molecule has 0 amide bonds. The van der Waals surface area contributed by atoms with Gasteiger partial charge in [-0.2, -0.15) is 0 Å². The van der Waals surface area contributed by atoms with Crippen LogP contribution in [0.15, 0.2) is 79.1 Å². The highest BCUT2D eigenvalue weighted by atomic mass is 19.1. The van der Waals surface area contributed by atoms with E-state index in [4.69, 9.17) is 5.73 Å². The number of hydrogen-bond donors (Lipinski definition) is 1. The third-order valence-corrected chi connectivity index (χ3v) is 4.86. The fraction of sp³-hybridized carbons (Fsp3) is 0. The average molecular weight is 366 g/mol. The van der Waals surface area contributed by atoms with Gasteiger partial charge in [-0.05, 0) is 52.9 Å². The molecule has 0 saturated heterocycles. The molecule has 5 heteroatoms. The Morgan fingerprint density at radius 2 is 1.50 bits per heavy atom. The summed E-state index contributed by atoms with van der Waals surface area (Å²) in [6, 6.07) is 20.2. The highest BCUT2D eigenvalue weighted by Crippen LogP contribution is 2.36.